The molecule has 1 aromatic rings. The van der Waals surface area contributed by atoms with Crippen molar-refractivity contribution < 1.29 is 31.8 Å². The molecular weight excluding hydrogens is 309 g/mol. The SMILES string of the molecule is COc1ccc([C@@H](N)C(F)(F)CO)c(C(F)(F)F)c1.Cl. The Morgan fingerprint density at radius 2 is 1.80 bits per heavy atom. The Labute approximate surface area is 117 Å². The third-order valence-electron chi connectivity index (χ3n) is 2.57. The van der Waals surface area contributed by atoms with Gasteiger partial charge in [-0.25, -0.2) is 8.78 Å². The summed E-state index contributed by atoms with van der Waals surface area (Å²) >= 11 is 0. The predicted molar refractivity (Wildman–Crippen MR) is 64.2 cm³/mol. The maximum atomic E-state index is 13.2. The Kier molecular flexibility index (Phi) is 6.19. The van der Waals surface area contributed by atoms with Gasteiger partial charge in [-0.05, 0) is 17.7 Å². The first-order valence-corrected chi connectivity index (χ1v) is 5.13. The van der Waals surface area contributed by atoms with Gasteiger partial charge in [0.25, 0.3) is 5.92 Å². The number of methoxy groups -OCH3 is 1. The van der Waals surface area contributed by atoms with Crippen LogP contribution in [-0.4, -0.2) is 24.7 Å². The molecule has 0 aliphatic carbocycles. The highest BCUT2D eigenvalue weighted by molar-refractivity contribution is 5.85. The second-order valence-corrected chi connectivity index (χ2v) is 3.85. The lowest BCUT2D eigenvalue weighted by Gasteiger charge is -2.25. The zero-order valence-electron chi connectivity index (χ0n) is 10.2. The second-order valence-electron chi connectivity index (χ2n) is 3.85. The Morgan fingerprint density at radius 3 is 2.20 bits per heavy atom. The topological polar surface area (TPSA) is 55.5 Å². The van der Waals surface area contributed by atoms with Gasteiger partial charge in [-0.2, -0.15) is 13.2 Å². The van der Waals surface area contributed by atoms with Crippen LogP contribution in [0.4, 0.5) is 22.0 Å². The molecule has 1 rings (SSSR count). The molecule has 0 bridgehead atoms. The van der Waals surface area contributed by atoms with Gasteiger partial charge in [-0.3, -0.25) is 0 Å². The smallest absolute Gasteiger partial charge is 0.416 e. The molecule has 0 unspecified atom stereocenters. The maximum Gasteiger partial charge on any atom is 0.416 e. The normalized spacial score (nSPS) is 13.6. The average Bonchev–Trinajstić information content (AvgIpc) is 2.36. The van der Waals surface area contributed by atoms with Crippen LogP contribution in [0.3, 0.4) is 0 Å². The fraction of sp³-hybridized carbons (Fsp3) is 0.455. The van der Waals surface area contributed by atoms with E-state index in [0.717, 1.165) is 19.2 Å². The second kappa shape index (κ2) is 6.55. The molecule has 0 aliphatic heterocycles. The molecule has 0 fully saturated rings. The highest BCUT2D eigenvalue weighted by Gasteiger charge is 2.43. The van der Waals surface area contributed by atoms with Crippen LogP contribution >= 0.6 is 12.4 Å². The minimum Gasteiger partial charge on any atom is -0.497 e. The first kappa shape index (κ1) is 18.9. The summed E-state index contributed by atoms with van der Waals surface area (Å²) in [5.41, 5.74) is 3.01. The lowest BCUT2D eigenvalue weighted by Crippen LogP contribution is -2.37. The Bertz CT molecular complexity index is 453. The minimum absolute atomic E-state index is 0. The van der Waals surface area contributed by atoms with E-state index in [1.807, 2.05) is 0 Å². The van der Waals surface area contributed by atoms with Crippen LogP contribution in [0.1, 0.15) is 17.2 Å². The lowest BCUT2D eigenvalue weighted by molar-refractivity contribution is -0.140. The van der Waals surface area contributed by atoms with Crippen molar-refractivity contribution in [3.63, 3.8) is 0 Å². The van der Waals surface area contributed by atoms with Gasteiger partial charge in [-0.1, -0.05) is 6.07 Å². The first-order valence-electron chi connectivity index (χ1n) is 5.13. The quantitative estimate of drug-likeness (QED) is 0.838. The summed E-state index contributed by atoms with van der Waals surface area (Å²) in [4.78, 5) is 0. The van der Waals surface area contributed by atoms with Crippen molar-refractivity contribution in [1.82, 2.24) is 0 Å². The van der Waals surface area contributed by atoms with Crippen LogP contribution in [0.2, 0.25) is 0 Å². The van der Waals surface area contributed by atoms with Crippen molar-refractivity contribution in [2.24, 2.45) is 5.73 Å². The predicted octanol–water partition coefficient (Wildman–Crippen LogP) is 2.76. The van der Waals surface area contributed by atoms with E-state index in [9.17, 15) is 22.0 Å². The highest BCUT2D eigenvalue weighted by atomic mass is 35.5. The number of aliphatic hydroxyl groups is 1. The number of halogens is 6. The maximum absolute atomic E-state index is 13.2. The summed E-state index contributed by atoms with van der Waals surface area (Å²) < 4.78 is 69.4. The number of nitrogens with two attached hydrogens (primary N) is 1. The number of aliphatic hydroxyl groups excluding tert-OH is 1. The van der Waals surface area contributed by atoms with Crippen LogP contribution in [0, 0.1) is 0 Å². The fourth-order valence-electron chi connectivity index (χ4n) is 1.50. The number of hydrogen-bond donors (Lipinski definition) is 2. The van der Waals surface area contributed by atoms with Crippen molar-refractivity contribution in [2.75, 3.05) is 13.7 Å². The van der Waals surface area contributed by atoms with Gasteiger partial charge in [-0.15, -0.1) is 12.4 Å². The number of benzene rings is 1. The molecule has 0 amide bonds. The summed E-state index contributed by atoms with van der Waals surface area (Å²) in [6, 6.07) is 0.233. The third-order valence-corrected chi connectivity index (χ3v) is 2.57. The number of hydrogen-bond acceptors (Lipinski definition) is 3. The largest absolute Gasteiger partial charge is 0.497 e. The van der Waals surface area contributed by atoms with Crippen LogP contribution < -0.4 is 10.5 Å². The van der Waals surface area contributed by atoms with Crippen LogP contribution in [-0.2, 0) is 6.18 Å². The number of rotatable bonds is 4. The summed E-state index contributed by atoms with van der Waals surface area (Å²) in [6.07, 6.45) is -4.85. The van der Waals surface area contributed by atoms with Crippen molar-refractivity contribution in [3.8, 4) is 5.75 Å². The summed E-state index contributed by atoms with van der Waals surface area (Å²) in [7, 11) is 1.15. The lowest BCUT2D eigenvalue weighted by atomic mass is 9.96. The van der Waals surface area contributed by atoms with Crippen LogP contribution in [0.25, 0.3) is 0 Å². The number of alkyl halides is 5. The van der Waals surface area contributed by atoms with E-state index in [1.54, 1.807) is 0 Å². The molecule has 0 spiro atoms. The van der Waals surface area contributed by atoms with Crippen LogP contribution in [0.15, 0.2) is 18.2 Å². The van der Waals surface area contributed by atoms with Gasteiger partial charge < -0.3 is 15.6 Å². The molecule has 1 aromatic carbocycles. The van der Waals surface area contributed by atoms with Crippen molar-refractivity contribution >= 4 is 12.4 Å². The van der Waals surface area contributed by atoms with E-state index >= 15 is 0 Å². The van der Waals surface area contributed by atoms with Gasteiger partial charge >= 0.3 is 6.18 Å². The molecule has 3 N–H and O–H groups in total. The Balaban J connectivity index is 0.00000361. The van der Waals surface area contributed by atoms with Gasteiger partial charge in [0.05, 0.1) is 18.7 Å². The van der Waals surface area contributed by atoms with Gasteiger partial charge in [0, 0.05) is 0 Å². The van der Waals surface area contributed by atoms with E-state index < -0.39 is 35.9 Å². The first-order chi connectivity index (χ1) is 8.63. The van der Waals surface area contributed by atoms with Gasteiger partial charge in [0.15, 0.2) is 0 Å². The fourth-order valence-corrected chi connectivity index (χ4v) is 1.50. The molecule has 0 saturated heterocycles. The van der Waals surface area contributed by atoms with Crippen molar-refractivity contribution in [1.29, 1.82) is 0 Å². The molecule has 0 aromatic heterocycles. The van der Waals surface area contributed by atoms with E-state index in [2.05, 4.69) is 4.74 Å². The molecule has 0 radical (unpaired) electrons. The zero-order chi connectivity index (χ0) is 14.8. The van der Waals surface area contributed by atoms with Gasteiger partial charge in [0.2, 0.25) is 0 Å². The molecule has 0 aliphatic rings. The average molecular weight is 322 g/mol. The molecule has 1 atom stereocenters. The molecule has 9 heteroatoms. The zero-order valence-corrected chi connectivity index (χ0v) is 11.1. The number of ether oxygens (including phenoxy) is 1. The van der Waals surface area contributed by atoms with E-state index in [-0.39, 0.29) is 18.2 Å². The molecule has 0 saturated carbocycles. The molecule has 3 nitrogen and oxygen atoms in total. The van der Waals surface area contributed by atoms with Crippen molar-refractivity contribution in [2.45, 2.75) is 18.1 Å². The third kappa shape index (κ3) is 3.94. The standard InChI is InChI=1S/C11H12F5NO2.ClH/c1-19-6-2-3-7(8(4-6)11(14,15)16)9(17)10(12,13)5-18;/h2-4,9,18H,5,17H2,1H3;1H/t9-;/m1./s1. The summed E-state index contributed by atoms with van der Waals surface area (Å²) in [5, 5.41) is 8.48. The molecule has 116 valence electrons. The summed E-state index contributed by atoms with van der Waals surface area (Å²) in [6.45, 7) is -1.64. The highest BCUT2D eigenvalue weighted by Crippen LogP contribution is 2.40. The Hall–Kier alpha value is -1.12. The summed E-state index contributed by atoms with van der Waals surface area (Å²) in [5.74, 6) is -3.98. The molecule has 0 heterocycles. The monoisotopic (exact) mass is 321 g/mol. The van der Waals surface area contributed by atoms with Gasteiger partial charge in [0.1, 0.15) is 12.4 Å². The van der Waals surface area contributed by atoms with E-state index in [4.69, 9.17) is 10.8 Å². The minimum atomic E-state index is -4.85. The molecule has 20 heavy (non-hydrogen) atoms. The van der Waals surface area contributed by atoms with Crippen molar-refractivity contribution in [3.05, 3.63) is 29.3 Å². The van der Waals surface area contributed by atoms with Crippen LogP contribution in [0.5, 0.6) is 5.75 Å². The van der Waals surface area contributed by atoms with E-state index in [1.165, 1.54) is 0 Å². The van der Waals surface area contributed by atoms with E-state index in [0.29, 0.717) is 6.07 Å². The molecular formula is C11H13ClF5NO2. The Morgan fingerprint density at radius 1 is 1.25 bits per heavy atom.